The van der Waals surface area contributed by atoms with Crippen molar-refractivity contribution in [3.05, 3.63) is 48.0 Å². The lowest BCUT2D eigenvalue weighted by Crippen LogP contribution is -2.75. The lowest BCUT2D eigenvalue weighted by molar-refractivity contribution is -0.269. The third-order valence-corrected chi connectivity index (χ3v) is 11.6. The lowest BCUT2D eigenvalue weighted by atomic mass is 9.37. The van der Waals surface area contributed by atoms with Gasteiger partial charge in [0.05, 0.1) is 19.1 Å². The van der Waals surface area contributed by atoms with Gasteiger partial charge in [-0.1, -0.05) is 32.9 Å². The van der Waals surface area contributed by atoms with Gasteiger partial charge in [-0.3, -0.25) is 0 Å². The number of esters is 3. The van der Waals surface area contributed by atoms with Crippen molar-refractivity contribution in [2.75, 3.05) is 6.61 Å². The van der Waals surface area contributed by atoms with E-state index in [1.54, 1.807) is 32.4 Å². The summed E-state index contributed by atoms with van der Waals surface area (Å²) in [6.07, 6.45) is 7.04. The summed E-state index contributed by atoms with van der Waals surface area (Å²) in [7, 11) is 0. The van der Waals surface area contributed by atoms with Crippen molar-refractivity contribution in [2.24, 2.45) is 28.1 Å². The Bertz CT molecular complexity index is 1360. The van der Waals surface area contributed by atoms with E-state index in [9.17, 15) is 14.4 Å². The van der Waals surface area contributed by atoms with E-state index in [1.165, 1.54) is 6.08 Å². The number of hydrogen-bond donors (Lipinski definition) is 0. The Labute approximate surface area is 233 Å². The van der Waals surface area contributed by atoms with Gasteiger partial charge in [0.15, 0.2) is 6.10 Å². The van der Waals surface area contributed by atoms with E-state index in [4.69, 9.17) is 28.1 Å². The number of carbonyl (C=O) groups is 3. The number of carbonyl (C=O) groups excluding carboxylic acids is 3. The summed E-state index contributed by atoms with van der Waals surface area (Å²) in [5.41, 5.74) is -2.77. The number of epoxide rings is 1. The molecule has 40 heavy (non-hydrogen) atoms. The van der Waals surface area contributed by atoms with E-state index in [0.29, 0.717) is 12.0 Å². The third-order valence-electron chi connectivity index (χ3n) is 11.6. The van der Waals surface area contributed by atoms with E-state index >= 15 is 0 Å². The molecule has 0 unspecified atom stereocenters. The zero-order valence-electron chi connectivity index (χ0n) is 23.7. The summed E-state index contributed by atoms with van der Waals surface area (Å²) in [5.74, 6) is -1.70. The van der Waals surface area contributed by atoms with Gasteiger partial charge in [-0.25, -0.2) is 14.4 Å². The number of ether oxygens (including phenoxy) is 5. The molecule has 214 valence electrons. The fraction of sp³-hybridized carbons (Fsp3) is 0.645. The van der Waals surface area contributed by atoms with Crippen molar-refractivity contribution in [3.63, 3.8) is 0 Å². The van der Waals surface area contributed by atoms with Crippen LogP contribution >= 0.6 is 0 Å². The van der Waals surface area contributed by atoms with Crippen molar-refractivity contribution in [1.82, 2.24) is 0 Å². The molecule has 2 aliphatic carbocycles. The lowest BCUT2D eigenvalue weighted by Gasteiger charge is -2.67. The first-order valence-electron chi connectivity index (χ1n) is 14.2. The Morgan fingerprint density at radius 3 is 2.62 bits per heavy atom. The highest BCUT2D eigenvalue weighted by Gasteiger charge is 2.90. The van der Waals surface area contributed by atoms with Gasteiger partial charge in [-0.05, 0) is 51.0 Å². The molecule has 2 saturated carbocycles. The van der Waals surface area contributed by atoms with Crippen LogP contribution in [-0.4, -0.2) is 54.0 Å². The molecule has 5 fully saturated rings. The van der Waals surface area contributed by atoms with Crippen LogP contribution in [0.25, 0.3) is 0 Å². The Balaban J connectivity index is 1.46. The monoisotopic (exact) mass is 552 g/mol. The first-order valence-corrected chi connectivity index (χ1v) is 14.2. The highest BCUT2D eigenvalue weighted by Crippen LogP contribution is 2.80. The van der Waals surface area contributed by atoms with Crippen molar-refractivity contribution < 1.29 is 42.5 Å². The Hall–Kier alpha value is -2.91. The number of cyclic esters (lactones) is 1. The molecule has 7 rings (SSSR count). The molecule has 6 aliphatic rings. The molecule has 9 heteroatoms. The van der Waals surface area contributed by atoms with Crippen molar-refractivity contribution in [1.29, 1.82) is 0 Å². The normalized spacial score (nSPS) is 50.4. The molecule has 0 radical (unpaired) electrons. The summed E-state index contributed by atoms with van der Waals surface area (Å²) >= 11 is 0. The van der Waals surface area contributed by atoms with E-state index in [-0.39, 0.29) is 18.4 Å². The molecule has 1 spiro atoms. The molecule has 1 aromatic heterocycles. The topological polar surface area (TPSA) is 114 Å². The van der Waals surface area contributed by atoms with Gasteiger partial charge < -0.3 is 28.1 Å². The molecule has 1 aromatic rings. The number of hydrogen-bond acceptors (Lipinski definition) is 9. The van der Waals surface area contributed by atoms with Crippen LogP contribution in [0.5, 0.6) is 0 Å². The summed E-state index contributed by atoms with van der Waals surface area (Å²) in [5, 5.41) is 0. The van der Waals surface area contributed by atoms with Crippen LogP contribution in [0.3, 0.4) is 0 Å². The van der Waals surface area contributed by atoms with Crippen molar-refractivity contribution in [2.45, 2.75) is 90.0 Å². The van der Waals surface area contributed by atoms with Crippen molar-refractivity contribution >= 4 is 17.9 Å². The fourth-order valence-corrected chi connectivity index (χ4v) is 9.84. The smallest absolute Gasteiger partial charge is 0.339 e. The predicted molar refractivity (Wildman–Crippen MR) is 138 cm³/mol. The second kappa shape index (κ2) is 7.88. The standard InChI is InChI=1S/C31H36O9/c1-7-16(2)25(33)38-23-20-21-27(3,11-9-19(32)39-29(21,5)15-36-20)18-8-12-28(4)22(17-10-13-35-14-17)37-26(34)24-31(28,40-24)30(18,23)6/h7,9-11,13-14,18,20-24H,8,12,15H2,1-6H3/t18-,20-,21-,22+,23-,24-,27-,28+,29+,30+,31-/m1/s1. The summed E-state index contributed by atoms with van der Waals surface area (Å²) in [4.78, 5) is 39.8. The summed E-state index contributed by atoms with van der Waals surface area (Å²) in [6, 6.07) is 1.82. The maximum absolute atomic E-state index is 13.5. The molecule has 11 atom stereocenters. The average molecular weight is 553 g/mol. The minimum atomic E-state index is -1.00. The zero-order chi connectivity index (χ0) is 28.5. The number of rotatable bonds is 3. The molecule has 0 bridgehead atoms. The molecule has 5 heterocycles. The predicted octanol–water partition coefficient (Wildman–Crippen LogP) is 4.22. The fourth-order valence-electron chi connectivity index (χ4n) is 9.84. The molecular formula is C31H36O9. The van der Waals surface area contributed by atoms with Gasteiger partial charge in [0.25, 0.3) is 0 Å². The Morgan fingerprint density at radius 1 is 1.15 bits per heavy atom. The highest BCUT2D eigenvalue weighted by molar-refractivity contribution is 5.88. The molecule has 0 amide bonds. The summed E-state index contributed by atoms with van der Waals surface area (Å²) < 4.78 is 37.0. The molecule has 3 saturated heterocycles. The second-order valence-corrected chi connectivity index (χ2v) is 13.4. The van der Waals surface area contributed by atoms with Gasteiger partial charge in [-0.2, -0.15) is 0 Å². The maximum atomic E-state index is 13.5. The third kappa shape index (κ3) is 2.83. The van der Waals surface area contributed by atoms with Crippen LogP contribution in [-0.2, 0) is 38.1 Å². The van der Waals surface area contributed by atoms with Crippen LogP contribution in [0.1, 0.15) is 66.1 Å². The zero-order valence-corrected chi connectivity index (χ0v) is 23.7. The maximum Gasteiger partial charge on any atom is 0.339 e. The quantitative estimate of drug-likeness (QED) is 0.235. The molecule has 0 aromatic carbocycles. The van der Waals surface area contributed by atoms with E-state index in [2.05, 4.69) is 20.8 Å². The van der Waals surface area contributed by atoms with Crippen molar-refractivity contribution in [3.8, 4) is 0 Å². The van der Waals surface area contributed by atoms with Gasteiger partial charge in [-0.15, -0.1) is 0 Å². The first-order chi connectivity index (χ1) is 18.9. The minimum Gasteiger partial charge on any atom is -0.472 e. The average Bonchev–Trinajstić information content (AvgIpc) is 3.35. The van der Waals surface area contributed by atoms with Gasteiger partial charge >= 0.3 is 17.9 Å². The van der Waals surface area contributed by atoms with Gasteiger partial charge in [0.1, 0.15) is 29.5 Å². The van der Waals surface area contributed by atoms with Crippen LogP contribution in [0.4, 0.5) is 0 Å². The number of furan rings is 1. The molecular weight excluding hydrogens is 516 g/mol. The molecule has 9 nitrogen and oxygen atoms in total. The SMILES string of the molecule is CC=C(C)C(=O)O[C@@H]1[C@@H]2OC[C@]3(C)OC(=O)C=C[C@](C)([C@H]4CC[C@@]5(C)[C@H](c6ccoc6)OC(=O)[C@H]6O[C@]65[C@]14C)[C@@H]23. The van der Waals surface area contributed by atoms with E-state index in [0.717, 1.165) is 12.0 Å². The van der Waals surface area contributed by atoms with E-state index < -0.39 is 69.8 Å². The van der Waals surface area contributed by atoms with Crippen LogP contribution in [0, 0.1) is 28.1 Å². The van der Waals surface area contributed by atoms with Crippen LogP contribution < -0.4 is 0 Å². The van der Waals surface area contributed by atoms with Crippen LogP contribution in [0.15, 0.2) is 46.8 Å². The second-order valence-electron chi connectivity index (χ2n) is 13.4. The molecule has 0 N–H and O–H groups in total. The summed E-state index contributed by atoms with van der Waals surface area (Å²) in [6.45, 7) is 12.0. The number of fused-ring (bicyclic) bond motifs is 2. The highest BCUT2D eigenvalue weighted by atomic mass is 16.7. The first kappa shape index (κ1) is 26.0. The molecule has 4 aliphatic heterocycles. The largest absolute Gasteiger partial charge is 0.472 e. The van der Waals surface area contributed by atoms with E-state index in [1.807, 2.05) is 19.1 Å². The number of allylic oxidation sites excluding steroid dienone is 2. The Kier molecular flexibility index (Phi) is 5.13. The minimum absolute atomic E-state index is 0.134. The Morgan fingerprint density at radius 2 is 1.93 bits per heavy atom. The van der Waals surface area contributed by atoms with Gasteiger partial charge in [0, 0.05) is 34.0 Å². The van der Waals surface area contributed by atoms with Gasteiger partial charge in [0.2, 0.25) is 0 Å². The van der Waals surface area contributed by atoms with Crippen LogP contribution in [0.2, 0.25) is 0 Å².